The normalized spacial score (nSPS) is 5.83. The van der Waals surface area contributed by atoms with Crippen LogP contribution in [0.15, 0.2) is 10.0 Å². The van der Waals surface area contributed by atoms with E-state index in [4.69, 9.17) is 34.8 Å². The van der Waals surface area contributed by atoms with Crippen molar-refractivity contribution in [3.63, 3.8) is 0 Å². The van der Waals surface area contributed by atoms with E-state index in [1.54, 1.807) is 0 Å². The molecular formula is C2HCl3K. The van der Waals surface area contributed by atoms with Crippen LogP contribution in [0.4, 0.5) is 0 Å². The van der Waals surface area contributed by atoms with Crippen molar-refractivity contribution in [2.24, 2.45) is 0 Å². The molecule has 0 aliphatic rings. The first-order chi connectivity index (χ1) is 2.27. The Kier molecular flexibility index (Phi) is 13.4. The first-order valence-corrected chi connectivity index (χ1v) is 2.08. The van der Waals surface area contributed by atoms with Gasteiger partial charge >= 0.3 is 0 Å². The maximum absolute atomic E-state index is 4.96. The molecule has 0 spiro atoms. The fourth-order valence-electron chi connectivity index (χ4n) is 0. The Morgan fingerprint density at radius 2 is 1.50 bits per heavy atom. The summed E-state index contributed by atoms with van der Waals surface area (Å²) in [7, 11) is 0. The molecule has 0 aliphatic heterocycles. The van der Waals surface area contributed by atoms with Crippen LogP contribution in [-0.4, -0.2) is 51.4 Å². The molecule has 0 saturated carbocycles. The molecule has 0 saturated heterocycles. The molecule has 31 valence electrons. The van der Waals surface area contributed by atoms with Gasteiger partial charge in [0.2, 0.25) is 0 Å². The Labute approximate surface area is 94.2 Å². The minimum Gasteiger partial charge on any atom is -0.0904 e. The van der Waals surface area contributed by atoms with E-state index in [1.807, 2.05) is 0 Å². The molecule has 0 fully saturated rings. The first-order valence-electron chi connectivity index (χ1n) is 0.885. The van der Waals surface area contributed by atoms with Gasteiger partial charge in [0, 0.05) is 56.9 Å². The Morgan fingerprint density at radius 1 is 1.33 bits per heavy atom. The van der Waals surface area contributed by atoms with Crippen molar-refractivity contribution in [2.75, 3.05) is 0 Å². The minimum absolute atomic E-state index is 0. The average Bonchev–Trinajstić information content (AvgIpc) is 1.38. The van der Waals surface area contributed by atoms with E-state index in [0.29, 0.717) is 0 Å². The molecule has 0 heterocycles. The van der Waals surface area contributed by atoms with E-state index in [0.717, 1.165) is 5.54 Å². The molecule has 0 aliphatic carbocycles. The van der Waals surface area contributed by atoms with E-state index in [1.165, 1.54) is 0 Å². The van der Waals surface area contributed by atoms with E-state index < -0.39 is 0 Å². The second kappa shape index (κ2) is 7.25. The molecule has 0 amide bonds. The van der Waals surface area contributed by atoms with Crippen LogP contribution in [0.25, 0.3) is 0 Å². The second-order valence-corrected chi connectivity index (χ2v) is 1.62. The fourth-order valence-corrected chi connectivity index (χ4v) is 0. The van der Waals surface area contributed by atoms with Crippen LogP contribution in [0.5, 0.6) is 0 Å². The molecule has 0 aromatic carbocycles. The molecule has 0 aromatic heterocycles. The van der Waals surface area contributed by atoms with Gasteiger partial charge in [-0.2, -0.15) is 0 Å². The van der Waals surface area contributed by atoms with Crippen LogP contribution < -0.4 is 0 Å². The second-order valence-electron chi connectivity index (χ2n) is 0.399. The van der Waals surface area contributed by atoms with Gasteiger partial charge in [0.25, 0.3) is 0 Å². The van der Waals surface area contributed by atoms with Crippen LogP contribution in [0.2, 0.25) is 0 Å². The van der Waals surface area contributed by atoms with E-state index >= 15 is 0 Å². The average molecular weight is 170 g/mol. The predicted octanol–water partition coefficient (Wildman–Crippen LogP) is 2.12. The molecule has 0 aromatic rings. The van der Waals surface area contributed by atoms with Crippen molar-refractivity contribution in [1.82, 2.24) is 0 Å². The third kappa shape index (κ3) is 9.53. The summed E-state index contributed by atoms with van der Waals surface area (Å²) >= 11 is 14.8. The number of rotatable bonds is 0. The van der Waals surface area contributed by atoms with Gasteiger partial charge in [0.05, 0.1) is 0 Å². The van der Waals surface area contributed by atoms with Gasteiger partial charge < -0.3 is 0 Å². The SMILES string of the molecule is ClC=C(Cl)Cl.[K]. The topological polar surface area (TPSA) is 0 Å². The van der Waals surface area contributed by atoms with E-state index in [-0.39, 0.29) is 55.9 Å². The molecule has 0 unspecified atom stereocenters. The number of hydrogen-bond acceptors (Lipinski definition) is 0. The monoisotopic (exact) mass is 169 g/mol. The zero-order chi connectivity index (χ0) is 4.28. The summed E-state index contributed by atoms with van der Waals surface area (Å²) in [6, 6.07) is 0. The Morgan fingerprint density at radius 3 is 1.50 bits per heavy atom. The molecule has 0 bridgehead atoms. The summed E-state index contributed by atoms with van der Waals surface area (Å²) in [6.45, 7) is 0. The minimum atomic E-state index is 0. The van der Waals surface area contributed by atoms with E-state index in [9.17, 15) is 0 Å². The van der Waals surface area contributed by atoms with Crippen molar-refractivity contribution >= 4 is 86.2 Å². The Balaban J connectivity index is 0. The molecular weight excluding hydrogens is 169 g/mol. The van der Waals surface area contributed by atoms with Gasteiger partial charge in [-0.15, -0.1) is 0 Å². The fraction of sp³-hybridized carbons (Fsp3) is 0. The van der Waals surface area contributed by atoms with Crippen molar-refractivity contribution in [3.8, 4) is 0 Å². The van der Waals surface area contributed by atoms with Gasteiger partial charge in [-0.3, -0.25) is 0 Å². The van der Waals surface area contributed by atoms with Crippen molar-refractivity contribution < 1.29 is 0 Å². The predicted molar refractivity (Wildman–Crippen MR) is 31.4 cm³/mol. The van der Waals surface area contributed by atoms with Crippen molar-refractivity contribution in [1.29, 1.82) is 0 Å². The van der Waals surface area contributed by atoms with Crippen LogP contribution in [-0.2, 0) is 0 Å². The summed E-state index contributed by atoms with van der Waals surface area (Å²) in [5, 5.41) is 0. The van der Waals surface area contributed by atoms with Crippen LogP contribution >= 0.6 is 34.8 Å². The maximum atomic E-state index is 4.96. The molecule has 6 heavy (non-hydrogen) atoms. The summed E-state index contributed by atoms with van der Waals surface area (Å²) in [5.74, 6) is 0. The standard InChI is InChI=1S/C2HCl3.K/c3-1-2(4)5;/h1H;. The third-order valence-electron chi connectivity index (χ3n) is 0.0825. The van der Waals surface area contributed by atoms with Gasteiger partial charge in [0.1, 0.15) is 4.49 Å². The van der Waals surface area contributed by atoms with Crippen LogP contribution in [0, 0.1) is 0 Å². The first kappa shape index (κ1) is 11.1. The summed E-state index contributed by atoms with van der Waals surface area (Å²) in [6.07, 6.45) is 0. The quantitative estimate of drug-likeness (QED) is 0.489. The van der Waals surface area contributed by atoms with Gasteiger partial charge in [0.15, 0.2) is 0 Å². The smallest absolute Gasteiger partial charge is 0.0904 e. The van der Waals surface area contributed by atoms with Gasteiger partial charge in [-0.25, -0.2) is 0 Å². The summed E-state index contributed by atoms with van der Waals surface area (Å²) < 4.78 is 0.0895. The van der Waals surface area contributed by atoms with Gasteiger partial charge in [-0.1, -0.05) is 34.8 Å². The number of halogens is 3. The molecule has 0 N–H and O–H groups in total. The zero-order valence-corrected chi connectivity index (χ0v) is 8.60. The van der Waals surface area contributed by atoms with Crippen LogP contribution in [0.1, 0.15) is 0 Å². The zero-order valence-electron chi connectivity index (χ0n) is 3.21. The van der Waals surface area contributed by atoms with Crippen LogP contribution in [0.3, 0.4) is 0 Å². The van der Waals surface area contributed by atoms with E-state index in [2.05, 4.69) is 0 Å². The molecule has 1 radical (unpaired) electrons. The maximum Gasteiger partial charge on any atom is 0.118 e. The largest absolute Gasteiger partial charge is 0.118 e. The number of hydrogen-bond donors (Lipinski definition) is 0. The van der Waals surface area contributed by atoms with Crippen molar-refractivity contribution in [3.05, 3.63) is 10.0 Å². The Hall–Kier alpha value is 2.25. The molecule has 0 atom stereocenters. The van der Waals surface area contributed by atoms with Gasteiger partial charge in [-0.05, 0) is 0 Å². The Bertz CT molecular complexity index is 46.8. The third-order valence-corrected chi connectivity index (χ3v) is 0.742. The molecule has 4 heteroatoms. The summed E-state index contributed by atoms with van der Waals surface area (Å²) in [4.78, 5) is 0. The van der Waals surface area contributed by atoms with Crippen molar-refractivity contribution in [2.45, 2.75) is 0 Å². The molecule has 0 nitrogen and oxygen atoms in total. The molecule has 0 rings (SSSR count). The summed E-state index contributed by atoms with van der Waals surface area (Å²) in [5.41, 5.74) is 1.09.